The monoisotopic (exact) mass is 142 g/mol. The lowest BCUT2D eigenvalue weighted by Gasteiger charge is -2.03. The molecule has 0 saturated heterocycles. The Morgan fingerprint density at radius 3 is 2.30 bits per heavy atom. The van der Waals surface area contributed by atoms with Crippen molar-refractivity contribution in [3.05, 3.63) is 11.8 Å². The van der Waals surface area contributed by atoms with Gasteiger partial charge >= 0.3 is 0 Å². The molecule has 0 radical (unpaired) electrons. The van der Waals surface area contributed by atoms with Crippen LogP contribution in [-0.2, 0) is 4.79 Å². The van der Waals surface area contributed by atoms with Gasteiger partial charge in [-0.1, -0.05) is 13.8 Å². The first-order valence-corrected chi connectivity index (χ1v) is 3.71. The molecule has 10 heavy (non-hydrogen) atoms. The number of rotatable bonds is 0. The zero-order chi connectivity index (χ0) is 7.98. The van der Waals surface area contributed by atoms with Crippen LogP contribution in [0.15, 0.2) is 11.8 Å². The average Bonchev–Trinajstić information content (AvgIpc) is 1.91. The maximum absolute atomic E-state index is 10.4. The molecule has 0 bridgehead atoms. The van der Waals surface area contributed by atoms with Gasteiger partial charge in [0.25, 0.3) is 0 Å². The van der Waals surface area contributed by atoms with Gasteiger partial charge in [0.1, 0.15) is 0 Å². The maximum Gasteiger partial charge on any atom is 0.159 e. The SMILES string of the molecule is CC.O=C1C=C(O)CCC1. The molecule has 0 spiro atoms. The number of carbonyl (C=O) groups is 1. The fraction of sp³-hybridized carbons (Fsp3) is 0.625. The van der Waals surface area contributed by atoms with E-state index in [9.17, 15) is 4.79 Å². The van der Waals surface area contributed by atoms with Crippen LogP contribution >= 0.6 is 0 Å². The average molecular weight is 142 g/mol. The minimum Gasteiger partial charge on any atom is -0.512 e. The molecule has 0 fully saturated rings. The Kier molecular flexibility index (Phi) is 4.63. The fourth-order valence-corrected chi connectivity index (χ4v) is 0.774. The van der Waals surface area contributed by atoms with Crippen molar-refractivity contribution in [3.63, 3.8) is 0 Å². The van der Waals surface area contributed by atoms with E-state index in [0.29, 0.717) is 12.8 Å². The van der Waals surface area contributed by atoms with Crippen molar-refractivity contribution in [3.8, 4) is 0 Å². The van der Waals surface area contributed by atoms with Crippen molar-refractivity contribution >= 4 is 5.78 Å². The number of ketones is 1. The van der Waals surface area contributed by atoms with Gasteiger partial charge in [0, 0.05) is 18.9 Å². The van der Waals surface area contributed by atoms with Crippen molar-refractivity contribution in [1.82, 2.24) is 0 Å². The molecule has 0 unspecified atom stereocenters. The number of aliphatic hydroxyl groups excluding tert-OH is 1. The second-order valence-electron chi connectivity index (χ2n) is 1.96. The highest BCUT2D eigenvalue weighted by Gasteiger charge is 2.06. The standard InChI is InChI=1S/C6H8O2.C2H6/c7-5-2-1-3-6(8)4-5;1-2/h4,7H,1-3H2;1-2H3. The van der Waals surface area contributed by atoms with Gasteiger partial charge < -0.3 is 5.11 Å². The van der Waals surface area contributed by atoms with Gasteiger partial charge in [0.2, 0.25) is 0 Å². The second kappa shape index (κ2) is 5.03. The largest absolute Gasteiger partial charge is 0.512 e. The van der Waals surface area contributed by atoms with Crippen molar-refractivity contribution in [2.75, 3.05) is 0 Å². The first-order chi connectivity index (χ1) is 4.79. The molecular formula is C8H14O2. The van der Waals surface area contributed by atoms with Gasteiger partial charge in [-0.25, -0.2) is 0 Å². The molecule has 2 heteroatoms. The minimum absolute atomic E-state index is 0.0498. The summed E-state index contributed by atoms with van der Waals surface area (Å²) in [6, 6.07) is 0. The third kappa shape index (κ3) is 3.28. The van der Waals surface area contributed by atoms with Gasteiger partial charge in [-0.3, -0.25) is 4.79 Å². The van der Waals surface area contributed by atoms with Crippen LogP contribution in [0.25, 0.3) is 0 Å². The quantitative estimate of drug-likeness (QED) is 0.563. The summed E-state index contributed by atoms with van der Waals surface area (Å²) in [6.45, 7) is 4.00. The summed E-state index contributed by atoms with van der Waals surface area (Å²) in [5.74, 6) is 0.287. The summed E-state index contributed by atoms with van der Waals surface area (Å²) in [6.07, 6.45) is 3.39. The molecule has 2 nitrogen and oxygen atoms in total. The molecule has 0 heterocycles. The number of allylic oxidation sites excluding steroid dienone is 2. The molecule has 0 aromatic carbocycles. The van der Waals surface area contributed by atoms with E-state index in [1.165, 1.54) is 6.08 Å². The predicted octanol–water partition coefficient (Wildman–Crippen LogP) is 2.21. The summed E-state index contributed by atoms with van der Waals surface area (Å²) >= 11 is 0. The first kappa shape index (κ1) is 9.21. The Labute approximate surface area is 61.6 Å². The molecule has 1 aliphatic carbocycles. The zero-order valence-corrected chi connectivity index (χ0v) is 6.55. The zero-order valence-electron chi connectivity index (χ0n) is 6.55. The van der Waals surface area contributed by atoms with Crippen LogP contribution in [-0.4, -0.2) is 10.9 Å². The molecular weight excluding hydrogens is 128 g/mol. The third-order valence-corrected chi connectivity index (χ3v) is 1.18. The molecule has 58 valence electrons. The summed E-state index contributed by atoms with van der Waals surface area (Å²) in [5, 5.41) is 8.72. The third-order valence-electron chi connectivity index (χ3n) is 1.18. The second-order valence-corrected chi connectivity index (χ2v) is 1.96. The van der Waals surface area contributed by atoms with E-state index in [1.54, 1.807) is 0 Å². The van der Waals surface area contributed by atoms with E-state index in [2.05, 4.69) is 0 Å². The van der Waals surface area contributed by atoms with Crippen molar-refractivity contribution in [2.24, 2.45) is 0 Å². The molecule has 0 amide bonds. The number of carbonyl (C=O) groups excluding carboxylic acids is 1. The van der Waals surface area contributed by atoms with Gasteiger partial charge in [-0.05, 0) is 6.42 Å². The van der Waals surface area contributed by atoms with Gasteiger partial charge in [0.05, 0.1) is 5.76 Å². The molecule has 0 aliphatic heterocycles. The van der Waals surface area contributed by atoms with E-state index in [1.807, 2.05) is 13.8 Å². The van der Waals surface area contributed by atoms with Gasteiger partial charge in [-0.2, -0.15) is 0 Å². The molecule has 0 aromatic heterocycles. The number of hydrogen-bond donors (Lipinski definition) is 1. The Morgan fingerprint density at radius 1 is 1.40 bits per heavy atom. The summed E-state index contributed by atoms with van der Waals surface area (Å²) < 4.78 is 0. The van der Waals surface area contributed by atoms with Crippen LogP contribution in [0, 0.1) is 0 Å². The topological polar surface area (TPSA) is 37.3 Å². The molecule has 0 saturated carbocycles. The van der Waals surface area contributed by atoms with Crippen molar-refractivity contribution in [1.29, 1.82) is 0 Å². The fourth-order valence-electron chi connectivity index (χ4n) is 0.774. The lowest BCUT2D eigenvalue weighted by Crippen LogP contribution is -2.01. The highest BCUT2D eigenvalue weighted by Crippen LogP contribution is 2.11. The van der Waals surface area contributed by atoms with Crippen molar-refractivity contribution in [2.45, 2.75) is 33.1 Å². The molecule has 1 N–H and O–H groups in total. The van der Waals surface area contributed by atoms with Crippen LogP contribution in [0.5, 0.6) is 0 Å². The predicted molar refractivity (Wildman–Crippen MR) is 40.9 cm³/mol. The van der Waals surface area contributed by atoms with Crippen LogP contribution in [0.2, 0.25) is 0 Å². The molecule has 1 aliphatic rings. The summed E-state index contributed by atoms with van der Waals surface area (Å²) in [7, 11) is 0. The highest BCUT2D eigenvalue weighted by molar-refractivity contribution is 5.90. The van der Waals surface area contributed by atoms with Gasteiger partial charge in [-0.15, -0.1) is 0 Å². The molecule has 1 rings (SSSR count). The van der Waals surface area contributed by atoms with Crippen LogP contribution in [0.1, 0.15) is 33.1 Å². The Hall–Kier alpha value is -0.790. The normalized spacial score (nSPS) is 17.0. The van der Waals surface area contributed by atoms with E-state index in [0.717, 1.165) is 6.42 Å². The van der Waals surface area contributed by atoms with Crippen LogP contribution < -0.4 is 0 Å². The lowest BCUT2D eigenvalue weighted by molar-refractivity contribution is -0.115. The Morgan fingerprint density at radius 2 is 2.00 bits per heavy atom. The van der Waals surface area contributed by atoms with E-state index >= 15 is 0 Å². The minimum atomic E-state index is 0.0498. The number of hydrogen-bond acceptors (Lipinski definition) is 2. The first-order valence-electron chi connectivity index (χ1n) is 3.71. The summed E-state index contributed by atoms with van der Waals surface area (Å²) in [5.41, 5.74) is 0. The van der Waals surface area contributed by atoms with E-state index in [-0.39, 0.29) is 11.5 Å². The number of aliphatic hydroxyl groups is 1. The molecule has 0 atom stereocenters. The van der Waals surface area contributed by atoms with E-state index < -0.39 is 0 Å². The van der Waals surface area contributed by atoms with Crippen LogP contribution in [0.4, 0.5) is 0 Å². The maximum atomic E-state index is 10.4. The Balaban J connectivity index is 0.000000371. The van der Waals surface area contributed by atoms with Crippen molar-refractivity contribution < 1.29 is 9.90 Å². The van der Waals surface area contributed by atoms with Gasteiger partial charge in [0.15, 0.2) is 5.78 Å². The highest BCUT2D eigenvalue weighted by atomic mass is 16.3. The van der Waals surface area contributed by atoms with E-state index in [4.69, 9.17) is 5.11 Å². The lowest BCUT2D eigenvalue weighted by atomic mass is 10.1. The van der Waals surface area contributed by atoms with Crippen LogP contribution in [0.3, 0.4) is 0 Å². The summed E-state index contributed by atoms with van der Waals surface area (Å²) in [4.78, 5) is 10.4. The molecule has 0 aromatic rings. The smallest absolute Gasteiger partial charge is 0.159 e. The Bertz CT molecular complexity index is 136.